The summed E-state index contributed by atoms with van der Waals surface area (Å²) in [7, 11) is 0. The highest BCUT2D eigenvalue weighted by Gasteiger charge is 2.17. The minimum Gasteiger partial charge on any atom is -0.508 e. The first kappa shape index (κ1) is 15.2. The summed E-state index contributed by atoms with van der Waals surface area (Å²) in [5, 5.41) is 19.4. The molecule has 0 heterocycles. The molecule has 2 rings (SSSR count). The van der Waals surface area contributed by atoms with Crippen LogP contribution in [0.15, 0.2) is 48.5 Å². The van der Waals surface area contributed by atoms with E-state index in [9.17, 15) is 10.2 Å². The van der Waals surface area contributed by atoms with Gasteiger partial charge in [0.2, 0.25) is 0 Å². The Hall–Kier alpha value is -2.16. The van der Waals surface area contributed by atoms with Gasteiger partial charge in [0.25, 0.3) is 0 Å². The highest BCUT2D eigenvalue weighted by molar-refractivity contribution is 5.50. The maximum Gasteiger partial charge on any atom is 0.119 e. The third-order valence-electron chi connectivity index (χ3n) is 3.72. The lowest BCUT2D eigenvalue weighted by molar-refractivity contribution is 0.447. The zero-order valence-corrected chi connectivity index (χ0v) is 12.7. The van der Waals surface area contributed by atoms with Crippen LogP contribution in [0.4, 0.5) is 5.69 Å². The molecule has 2 N–H and O–H groups in total. The number of hydrogen-bond donors (Lipinski definition) is 2. The van der Waals surface area contributed by atoms with Crippen molar-refractivity contribution in [3.05, 3.63) is 54.1 Å². The summed E-state index contributed by atoms with van der Waals surface area (Å²) < 4.78 is 0. The minimum atomic E-state index is 0.0805. The molecule has 0 bridgehead atoms. The Morgan fingerprint density at radius 1 is 1.00 bits per heavy atom. The van der Waals surface area contributed by atoms with Gasteiger partial charge in [0, 0.05) is 18.3 Å². The molecule has 2 aromatic rings. The van der Waals surface area contributed by atoms with Gasteiger partial charge in [0.1, 0.15) is 11.5 Å². The Balaban J connectivity index is 2.31. The molecule has 1 unspecified atom stereocenters. The van der Waals surface area contributed by atoms with Gasteiger partial charge in [0.05, 0.1) is 6.04 Å². The number of phenolic OH excluding ortho intramolecular Hbond substituents is 2. The van der Waals surface area contributed by atoms with Crippen LogP contribution in [0.5, 0.6) is 11.5 Å². The quantitative estimate of drug-likeness (QED) is 0.823. The zero-order chi connectivity index (χ0) is 15.2. The predicted octanol–water partition coefficient (Wildman–Crippen LogP) is 4.47. The van der Waals surface area contributed by atoms with Crippen molar-refractivity contribution in [3.63, 3.8) is 0 Å². The second-order valence-electron chi connectivity index (χ2n) is 5.34. The molecule has 0 aliphatic carbocycles. The molecular formula is C18H23NO2. The van der Waals surface area contributed by atoms with Gasteiger partial charge < -0.3 is 15.1 Å². The minimum absolute atomic E-state index is 0.0805. The van der Waals surface area contributed by atoms with Crippen LogP contribution in [0.2, 0.25) is 0 Å². The Morgan fingerprint density at radius 3 is 2.19 bits per heavy atom. The Labute approximate surface area is 126 Å². The largest absolute Gasteiger partial charge is 0.508 e. The first-order valence-electron chi connectivity index (χ1n) is 7.46. The van der Waals surface area contributed by atoms with Crippen molar-refractivity contribution in [3.8, 4) is 11.5 Å². The Bertz CT molecular complexity index is 548. The third-order valence-corrected chi connectivity index (χ3v) is 3.72. The van der Waals surface area contributed by atoms with Gasteiger partial charge in [-0.3, -0.25) is 0 Å². The summed E-state index contributed by atoms with van der Waals surface area (Å²) in [4.78, 5) is 2.30. The van der Waals surface area contributed by atoms with Gasteiger partial charge in [-0.2, -0.15) is 0 Å². The van der Waals surface area contributed by atoms with Crippen molar-refractivity contribution < 1.29 is 10.2 Å². The molecule has 0 radical (unpaired) electrons. The molecule has 3 nitrogen and oxygen atoms in total. The van der Waals surface area contributed by atoms with E-state index >= 15 is 0 Å². The number of hydrogen-bond acceptors (Lipinski definition) is 3. The maximum absolute atomic E-state index is 9.69. The van der Waals surface area contributed by atoms with Crippen LogP contribution >= 0.6 is 0 Å². The van der Waals surface area contributed by atoms with Gasteiger partial charge in [-0.05, 0) is 43.2 Å². The average molecular weight is 285 g/mol. The lowest BCUT2D eigenvalue weighted by Crippen LogP contribution is -2.27. The number of phenols is 2. The Morgan fingerprint density at radius 2 is 1.62 bits per heavy atom. The number of para-hydroxylation sites is 1. The van der Waals surface area contributed by atoms with E-state index in [2.05, 4.69) is 30.9 Å². The molecule has 1 atom stereocenters. The van der Waals surface area contributed by atoms with Crippen LogP contribution in [0.3, 0.4) is 0 Å². The van der Waals surface area contributed by atoms with Crippen molar-refractivity contribution in [2.75, 3.05) is 11.4 Å². The summed E-state index contributed by atoms with van der Waals surface area (Å²) in [6.45, 7) is 5.21. The van der Waals surface area contributed by atoms with Gasteiger partial charge >= 0.3 is 0 Å². The predicted molar refractivity (Wildman–Crippen MR) is 86.9 cm³/mol. The maximum atomic E-state index is 9.69. The van der Waals surface area contributed by atoms with Gasteiger partial charge in [0.15, 0.2) is 0 Å². The number of rotatable bonds is 6. The number of anilines is 1. The van der Waals surface area contributed by atoms with Crippen LogP contribution < -0.4 is 4.90 Å². The van der Waals surface area contributed by atoms with Crippen LogP contribution in [0.1, 0.15) is 38.3 Å². The smallest absolute Gasteiger partial charge is 0.119 e. The highest BCUT2D eigenvalue weighted by atomic mass is 16.3. The molecule has 0 amide bonds. The number of nitrogens with zero attached hydrogens (tertiary/aromatic N) is 1. The molecule has 112 valence electrons. The van der Waals surface area contributed by atoms with E-state index in [1.807, 2.05) is 18.2 Å². The SMILES string of the molecule is CCCCN(c1ccccc1)C(C)c1cc(O)cc(O)c1. The lowest BCUT2D eigenvalue weighted by atomic mass is 10.0. The second-order valence-corrected chi connectivity index (χ2v) is 5.34. The van der Waals surface area contributed by atoms with Crippen molar-refractivity contribution in [2.45, 2.75) is 32.7 Å². The van der Waals surface area contributed by atoms with E-state index in [0.29, 0.717) is 0 Å². The summed E-state index contributed by atoms with van der Waals surface area (Å²) in [5.74, 6) is 0.195. The van der Waals surface area contributed by atoms with Crippen molar-refractivity contribution >= 4 is 5.69 Å². The van der Waals surface area contributed by atoms with E-state index in [-0.39, 0.29) is 17.5 Å². The molecule has 2 aromatic carbocycles. The molecular weight excluding hydrogens is 262 g/mol. The number of aromatic hydroxyl groups is 2. The normalized spacial score (nSPS) is 12.1. The van der Waals surface area contributed by atoms with Gasteiger partial charge in [-0.1, -0.05) is 31.5 Å². The van der Waals surface area contributed by atoms with Gasteiger partial charge in [-0.15, -0.1) is 0 Å². The molecule has 3 heteroatoms. The standard InChI is InChI=1S/C18H23NO2/c1-3-4-10-19(16-8-6-5-7-9-16)14(2)15-11-17(20)13-18(21)12-15/h5-9,11-14,20-21H,3-4,10H2,1-2H3. The zero-order valence-electron chi connectivity index (χ0n) is 12.7. The lowest BCUT2D eigenvalue weighted by Gasteiger charge is -2.32. The van der Waals surface area contributed by atoms with E-state index in [0.717, 1.165) is 30.6 Å². The number of unbranched alkanes of at least 4 members (excludes halogenated alkanes) is 1. The summed E-state index contributed by atoms with van der Waals surface area (Å²) in [5.41, 5.74) is 2.06. The summed E-state index contributed by atoms with van der Waals surface area (Å²) in [6, 6.07) is 15.1. The van der Waals surface area contributed by atoms with Crippen LogP contribution in [0.25, 0.3) is 0 Å². The highest BCUT2D eigenvalue weighted by Crippen LogP contribution is 2.31. The van der Waals surface area contributed by atoms with Crippen LogP contribution in [-0.2, 0) is 0 Å². The fourth-order valence-electron chi connectivity index (χ4n) is 2.53. The van der Waals surface area contributed by atoms with Crippen molar-refractivity contribution in [1.29, 1.82) is 0 Å². The average Bonchev–Trinajstić information content (AvgIpc) is 2.47. The van der Waals surface area contributed by atoms with Crippen LogP contribution in [0, 0.1) is 0 Å². The molecule has 0 saturated heterocycles. The van der Waals surface area contributed by atoms with E-state index in [1.54, 1.807) is 12.1 Å². The number of benzene rings is 2. The topological polar surface area (TPSA) is 43.7 Å². The first-order chi connectivity index (χ1) is 10.1. The van der Waals surface area contributed by atoms with E-state index in [1.165, 1.54) is 6.07 Å². The monoisotopic (exact) mass is 285 g/mol. The first-order valence-corrected chi connectivity index (χ1v) is 7.46. The van der Waals surface area contributed by atoms with E-state index in [4.69, 9.17) is 0 Å². The van der Waals surface area contributed by atoms with E-state index < -0.39 is 0 Å². The second kappa shape index (κ2) is 7.02. The van der Waals surface area contributed by atoms with Crippen molar-refractivity contribution in [2.24, 2.45) is 0 Å². The third kappa shape index (κ3) is 3.91. The Kier molecular flexibility index (Phi) is 5.09. The molecule has 0 aromatic heterocycles. The summed E-state index contributed by atoms with van der Waals surface area (Å²) in [6.07, 6.45) is 2.23. The molecule has 0 spiro atoms. The summed E-state index contributed by atoms with van der Waals surface area (Å²) >= 11 is 0. The van der Waals surface area contributed by atoms with Crippen LogP contribution in [-0.4, -0.2) is 16.8 Å². The fraction of sp³-hybridized carbons (Fsp3) is 0.333. The van der Waals surface area contributed by atoms with Crippen molar-refractivity contribution in [1.82, 2.24) is 0 Å². The molecule has 0 fully saturated rings. The molecule has 21 heavy (non-hydrogen) atoms. The molecule has 0 saturated carbocycles. The molecule has 0 aliphatic rings. The van der Waals surface area contributed by atoms with Gasteiger partial charge in [-0.25, -0.2) is 0 Å². The molecule has 0 aliphatic heterocycles. The fourth-order valence-corrected chi connectivity index (χ4v) is 2.53.